The fourth-order valence-electron chi connectivity index (χ4n) is 2.54. The third-order valence-electron chi connectivity index (χ3n) is 4.31. The minimum absolute atomic E-state index is 0. The predicted molar refractivity (Wildman–Crippen MR) is 169 cm³/mol. The largest absolute Gasteiger partial charge is 4.00 e. The van der Waals surface area contributed by atoms with Crippen LogP contribution in [0.5, 0.6) is 0 Å². The standard InChI is InChI=1S/3C8H18N.C7H10FSi.Zr/c3*1-7(2)5-9-6-8(3)4;1-9(2,8)7-5-3-4-6-7;/h3*7-8H,5-6H2,1-4H3;3-6H,1-2H3;/q4*-1;+4. The molecule has 0 amide bonds. The Bertz CT molecular complexity index is 472. The third-order valence-corrected chi connectivity index (χ3v) is 6.02. The third kappa shape index (κ3) is 43.6. The van der Waals surface area contributed by atoms with Crippen molar-refractivity contribution in [2.45, 2.75) is 96.2 Å². The van der Waals surface area contributed by atoms with Gasteiger partial charge in [-0.05, 0) is 13.1 Å². The topological polar surface area (TPSA) is 42.3 Å². The predicted octanol–water partition coefficient (Wildman–Crippen LogP) is 9.80. The fourth-order valence-corrected chi connectivity index (χ4v) is 3.53. The van der Waals surface area contributed by atoms with Crippen molar-refractivity contribution in [3.05, 3.63) is 40.2 Å². The average molecular weight is 617 g/mol. The van der Waals surface area contributed by atoms with Crippen LogP contribution in [-0.2, 0) is 26.2 Å². The molecule has 0 aromatic heterocycles. The van der Waals surface area contributed by atoms with E-state index in [1.54, 1.807) is 13.1 Å². The minimum Gasteiger partial charge on any atom is -0.662 e. The molecule has 0 heterocycles. The van der Waals surface area contributed by atoms with Crippen LogP contribution in [0.25, 0.3) is 16.0 Å². The second kappa shape index (κ2) is 27.8. The van der Waals surface area contributed by atoms with Gasteiger partial charge in [0.25, 0.3) is 0 Å². The molecule has 0 atom stereocenters. The first kappa shape index (κ1) is 44.3. The van der Waals surface area contributed by atoms with Crippen LogP contribution in [0, 0.1) is 35.5 Å². The summed E-state index contributed by atoms with van der Waals surface area (Å²) in [6, 6.07) is 7.46. The molecule has 0 unspecified atom stereocenters. The van der Waals surface area contributed by atoms with Crippen molar-refractivity contribution in [1.82, 2.24) is 0 Å². The molecule has 0 saturated heterocycles. The van der Waals surface area contributed by atoms with Gasteiger partial charge in [0, 0.05) is 0 Å². The van der Waals surface area contributed by atoms with Crippen LogP contribution in [0.4, 0.5) is 4.11 Å². The quantitative estimate of drug-likeness (QED) is 0.120. The van der Waals surface area contributed by atoms with Crippen LogP contribution < -0.4 is 5.19 Å². The van der Waals surface area contributed by atoms with Gasteiger partial charge in [-0.25, -0.2) is 12.1 Å². The summed E-state index contributed by atoms with van der Waals surface area (Å²) in [6.07, 6.45) is 0. The Morgan fingerprint density at radius 3 is 0.811 bits per heavy atom. The first-order valence-corrected chi connectivity index (χ1v) is 17.2. The second-order valence-electron chi connectivity index (χ2n) is 12.8. The van der Waals surface area contributed by atoms with Crippen molar-refractivity contribution in [2.75, 3.05) is 39.3 Å². The number of hydrogen-bond acceptors (Lipinski definition) is 0. The second-order valence-corrected chi connectivity index (χ2v) is 16.3. The summed E-state index contributed by atoms with van der Waals surface area (Å²) in [7, 11) is -2.48. The molecule has 6 heteroatoms. The van der Waals surface area contributed by atoms with Crippen LogP contribution in [0.1, 0.15) is 83.1 Å². The van der Waals surface area contributed by atoms with Crippen molar-refractivity contribution in [1.29, 1.82) is 0 Å². The van der Waals surface area contributed by atoms with Crippen molar-refractivity contribution in [3.63, 3.8) is 0 Å². The van der Waals surface area contributed by atoms with E-state index >= 15 is 0 Å². The van der Waals surface area contributed by atoms with Gasteiger partial charge < -0.3 is 20.1 Å². The maximum atomic E-state index is 13.1. The zero-order chi connectivity index (χ0) is 28.7. The molecule has 1 rings (SSSR count). The van der Waals surface area contributed by atoms with E-state index in [2.05, 4.69) is 99.0 Å². The maximum absolute atomic E-state index is 13.1. The zero-order valence-corrected chi connectivity index (χ0v) is 30.7. The van der Waals surface area contributed by atoms with Gasteiger partial charge >= 0.3 is 26.2 Å². The average Bonchev–Trinajstić information content (AvgIpc) is 3.23. The Balaban J connectivity index is -0.000000194. The summed E-state index contributed by atoms with van der Waals surface area (Å²) >= 11 is 0. The number of rotatable bonds is 13. The van der Waals surface area contributed by atoms with Gasteiger partial charge in [-0.1, -0.05) is 119 Å². The van der Waals surface area contributed by atoms with Crippen LogP contribution in [0.2, 0.25) is 13.1 Å². The van der Waals surface area contributed by atoms with E-state index in [1.165, 1.54) is 0 Å². The Kier molecular flexibility index (Phi) is 33.3. The van der Waals surface area contributed by atoms with Gasteiger partial charge in [-0.2, -0.15) is 12.1 Å². The Labute approximate surface area is 254 Å². The monoisotopic (exact) mass is 615 g/mol. The van der Waals surface area contributed by atoms with Crippen molar-refractivity contribution in [2.24, 2.45) is 35.5 Å². The summed E-state index contributed by atoms with van der Waals surface area (Å²) < 4.78 is 13.1. The van der Waals surface area contributed by atoms with Crippen LogP contribution >= 0.6 is 0 Å². The fraction of sp³-hybridized carbons (Fsp3) is 0.839. The smallest absolute Gasteiger partial charge is 0.662 e. The molecule has 0 aliphatic rings. The van der Waals surface area contributed by atoms with Gasteiger partial charge in [0.1, 0.15) is 0 Å². The van der Waals surface area contributed by atoms with Crippen LogP contribution in [0.3, 0.4) is 0 Å². The summed E-state index contributed by atoms with van der Waals surface area (Å²) in [6.45, 7) is 35.9. The SMILES string of the molecule is CC(C)C[N-]CC(C)C.CC(C)C[N-]CC(C)C.CC(C)C[N-]CC(C)C.C[Si](C)(F)[c-]1cccc1.[Zr+4]. The molecular weight excluding hydrogens is 553 g/mol. The van der Waals surface area contributed by atoms with Gasteiger partial charge in [0.2, 0.25) is 8.41 Å². The number of hydrogen-bond donors (Lipinski definition) is 0. The molecule has 37 heavy (non-hydrogen) atoms. The molecule has 0 radical (unpaired) electrons. The summed E-state index contributed by atoms with van der Waals surface area (Å²) in [5, 5.41) is 14.0. The Morgan fingerprint density at radius 1 is 0.514 bits per heavy atom. The van der Waals surface area contributed by atoms with Gasteiger partial charge in [0.05, 0.1) is 0 Å². The van der Waals surface area contributed by atoms with Crippen molar-refractivity contribution < 1.29 is 30.3 Å². The Hall–Kier alpha value is 0.260. The minimum atomic E-state index is -2.48. The first-order chi connectivity index (χ1) is 16.5. The molecule has 0 N–H and O–H groups in total. The van der Waals surface area contributed by atoms with Crippen molar-refractivity contribution in [3.8, 4) is 0 Å². The molecule has 0 bridgehead atoms. The van der Waals surface area contributed by atoms with Crippen LogP contribution in [-0.4, -0.2) is 47.7 Å². The van der Waals surface area contributed by atoms with Crippen LogP contribution in [0.15, 0.2) is 24.3 Å². The van der Waals surface area contributed by atoms with E-state index < -0.39 is 8.41 Å². The van der Waals surface area contributed by atoms with Gasteiger partial charge in [-0.3, -0.25) is 0 Å². The molecule has 0 saturated carbocycles. The van der Waals surface area contributed by atoms with E-state index in [0.717, 1.165) is 80.0 Å². The first-order valence-electron chi connectivity index (χ1n) is 14.3. The molecule has 1 aromatic carbocycles. The van der Waals surface area contributed by atoms with Gasteiger partial charge in [-0.15, -0.1) is 44.5 Å². The van der Waals surface area contributed by atoms with E-state index in [-0.39, 0.29) is 26.2 Å². The molecule has 0 aliphatic carbocycles. The Morgan fingerprint density at radius 2 is 0.703 bits per heavy atom. The molecule has 0 spiro atoms. The molecule has 0 aliphatic heterocycles. The molecular formula is C31H64FN3SiZr. The zero-order valence-electron chi connectivity index (χ0n) is 27.2. The molecule has 0 fully saturated rings. The summed E-state index contributed by atoms with van der Waals surface area (Å²) in [5.41, 5.74) is 0. The number of nitrogens with zero attached hydrogens (tertiary/aromatic N) is 3. The molecule has 3 nitrogen and oxygen atoms in total. The summed E-state index contributed by atoms with van der Waals surface area (Å²) in [4.78, 5) is 0. The normalized spacial score (nSPS) is 11.2. The van der Waals surface area contributed by atoms with E-state index in [4.69, 9.17) is 0 Å². The molecule has 218 valence electrons. The van der Waals surface area contributed by atoms with E-state index in [1.807, 2.05) is 24.3 Å². The van der Waals surface area contributed by atoms with Crippen molar-refractivity contribution >= 4 is 13.6 Å². The van der Waals surface area contributed by atoms with E-state index in [0.29, 0.717) is 0 Å². The van der Waals surface area contributed by atoms with Gasteiger partial charge in [0.15, 0.2) is 0 Å². The van der Waals surface area contributed by atoms with E-state index in [9.17, 15) is 4.11 Å². The summed E-state index contributed by atoms with van der Waals surface area (Å²) in [5.74, 6) is 4.35. The number of halogens is 1. The maximum Gasteiger partial charge on any atom is 4.00 e. The molecule has 1 aromatic rings.